The van der Waals surface area contributed by atoms with E-state index in [1.54, 1.807) is 0 Å². The smallest absolute Gasteiger partial charge is 0.332 e. The van der Waals surface area contributed by atoms with Crippen molar-refractivity contribution in [1.82, 2.24) is 9.80 Å². The second-order valence-electron chi connectivity index (χ2n) is 7.82. The molecular weight excluding hydrogens is 463 g/mol. The number of halogens is 2. The number of alkyl halides is 1. The maximum Gasteiger partial charge on any atom is 0.332 e. The first-order valence-corrected chi connectivity index (χ1v) is 12.2. The summed E-state index contributed by atoms with van der Waals surface area (Å²) in [5.74, 6) is 0.0577. The number of benzene rings is 2. The quantitative estimate of drug-likeness (QED) is 0.239. The largest absolute Gasteiger partial charge is 0.462 e. The molecule has 0 aromatic heterocycles. The van der Waals surface area contributed by atoms with Gasteiger partial charge in [0.25, 0.3) is 0 Å². The molecule has 6 nitrogen and oxygen atoms in total. The van der Waals surface area contributed by atoms with Gasteiger partial charge in [-0.25, -0.2) is 4.79 Å². The van der Waals surface area contributed by atoms with Gasteiger partial charge in [0.1, 0.15) is 13.2 Å². The minimum atomic E-state index is -0.372. The number of carbonyl (C=O) groups is 1. The molecule has 0 unspecified atom stereocenters. The van der Waals surface area contributed by atoms with Crippen molar-refractivity contribution in [2.24, 2.45) is 0 Å². The molecule has 180 valence electrons. The lowest BCUT2D eigenvalue weighted by molar-refractivity contribution is -0.150. The summed E-state index contributed by atoms with van der Waals surface area (Å²) >= 11 is 11.6. The fourth-order valence-electron chi connectivity index (χ4n) is 3.90. The third-order valence-corrected chi connectivity index (χ3v) is 5.96. The molecule has 3 rings (SSSR count). The fraction of sp³-hybridized carbons (Fsp3) is 0.480. The molecule has 2 aromatic rings. The Morgan fingerprint density at radius 1 is 0.848 bits per heavy atom. The highest BCUT2D eigenvalue weighted by atomic mass is 35.5. The minimum absolute atomic E-state index is 0.0396. The molecule has 1 heterocycles. The third kappa shape index (κ3) is 8.89. The molecule has 0 bridgehead atoms. The Hall–Kier alpha value is -1.67. The molecule has 0 amide bonds. The van der Waals surface area contributed by atoms with Crippen LogP contribution >= 0.6 is 23.2 Å². The van der Waals surface area contributed by atoms with Crippen LogP contribution in [0.2, 0.25) is 5.02 Å². The van der Waals surface area contributed by atoms with Crippen LogP contribution in [-0.4, -0.2) is 87.4 Å². The van der Waals surface area contributed by atoms with Crippen molar-refractivity contribution in [1.29, 1.82) is 0 Å². The van der Waals surface area contributed by atoms with E-state index in [1.807, 2.05) is 18.2 Å². The van der Waals surface area contributed by atoms with E-state index in [-0.39, 0.29) is 25.2 Å². The summed E-state index contributed by atoms with van der Waals surface area (Å²) in [6.07, 6.45) is 0. The van der Waals surface area contributed by atoms with Gasteiger partial charge in [-0.1, -0.05) is 54.1 Å². The van der Waals surface area contributed by atoms with Crippen LogP contribution in [0.4, 0.5) is 0 Å². The van der Waals surface area contributed by atoms with E-state index in [0.717, 1.165) is 37.7 Å². The molecular formula is C25H32Cl2N2O4. The Balaban J connectivity index is 1.41. The van der Waals surface area contributed by atoms with E-state index in [4.69, 9.17) is 37.4 Å². The van der Waals surface area contributed by atoms with Crippen LogP contribution in [0.25, 0.3) is 0 Å². The highest BCUT2D eigenvalue weighted by Gasteiger charge is 2.26. The number of hydrogen-bond donors (Lipinski definition) is 0. The van der Waals surface area contributed by atoms with E-state index in [1.165, 1.54) is 11.1 Å². The molecule has 0 N–H and O–H groups in total. The summed E-state index contributed by atoms with van der Waals surface area (Å²) in [6, 6.07) is 18.9. The standard InChI is InChI=1S/C25H32Cl2N2O4/c26-10-16-31-18-19-33-24(30)20-32-17-15-28-11-13-29(14-12-28)25(21-4-2-1-3-5-21)22-6-8-23(27)9-7-22/h1-9,25H,10-20H2/t25-/m1/s1. The predicted molar refractivity (Wildman–Crippen MR) is 131 cm³/mol. The van der Waals surface area contributed by atoms with Gasteiger partial charge in [-0.05, 0) is 23.3 Å². The average molecular weight is 495 g/mol. The van der Waals surface area contributed by atoms with Crippen LogP contribution in [0, 0.1) is 0 Å². The zero-order valence-electron chi connectivity index (χ0n) is 18.8. The molecule has 2 aromatic carbocycles. The summed E-state index contributed by atoms with van der Waals surface area (Å²) in [7, 11) is 0. The number of esters is 1. The van der Waals surface area contributed by atoms with Gasteiger partial charge in [-0.2, -0.15) is 0 Å². The molecule has 1 aliphatic rings. The second kappa shape index (κ2) is 14.6. The van der Waals surface area contributed by atoms with E-state index in [9.17, 15) is 4.79 Å². The van der Waals surface area contributed by atoms with Crippen LogP contribution in [0.15, 0.2) is 54.6 Å². The lowest BCUT2D eigenvalue weighted by atomic mass is 9.96. The van der Waals surface area contributed by atoms with Crippen molar-refractivity contribution in [3.8, 4) is 0 Å². The van der Waals surface area contributed by atoms with E-state index >= 15 is 0 Å². The van der Waals surface area contributed by atoms with Crippen molar-refractivity contribution in [3.05, 3.63) is 70.7 Å². The van der Waals surface area contributed by atoms with E-state index in [2.05, 4.69) is 46.2 Å². The highest BCUT2D eigenvalue weighted by Crippen LogP contribution is 2.30. The topological polar surface area (TPSA) is 51.2 Å². The number of hydrogen-bond acceptors (Lipinski definition) is 6. The number of rotatable bonds is 13. The molecule has 0 radical (unpaired) electrons. The first-order valence-electron chi connectivity index (χ1n) is 11.3. The first kappa shape index (κ1) is 25.9. The summed E-state index contributed by atoms with van der Waals surface area (Å²) in [4.78, 5) is 16.6. The second-order valence-corrected chi connectivity index (χ2v) is 8.63. The van der Waals surface area contributed by atoms with Crippen LogP contribution in [-0.2, 0) is 19.0 Å². The predicted octanol–water partition coefficient (Wildman–Crippen LogP) is 3.86. The Labute approximate surface area is 206 Å². The van der Waals surface area contributed by atoms with Gasteiger partial charge in [-0.3, -0.25) is 9.80 Å². The molecule has 8 heteroatoms. The lowest BCUT2D eigenvalue weighted by Crippen LogP contribution is -2.48. The fourth-order valence-corrected chi connectivity index (χ4v) is 4.14. The number of ether oxygens (including phenoxy) is 3. The monoisotopic (exact) mass is 494 g/mol. The van der Waals surface area contributed by atoms with Gasteiger partial charge >= 0.3 is 5.97 Å². The highest BCUT2D eigenvalue weighted by molar-refractivity contribution is 6.30. The van der Waals surface area contributed by atoms with Crippen LogP contribution in [0.1, 0.15) is 17.2 Å². The zero-order chi connectivity index (χ0) is 23.3. The summed E-state index contributed by atoms with van der Waals surface area (Å²) in [6.45, 7) is 6.06. The molecule has 0 spiro atoms. The molecule has 33 heavy (non-hydrogen) atoms. The van der Waals surface area contributed by atoms with Gasteiger partial charge in [-0.15, -0.1) is 11.6 Å². The van der Waals surface area contributed by atoms with Crippen molar-refractivity contribution >= 4 is 29.2 Å². The normalized spacial score (nSPS) is 15.9. The SMILES string of the molecule is O=C(COCCN1CCN([C@H](c2ccccc2)c2ccc(Cl)cc2)CC1)OCCOCCCl. The molecule has 1 atom stereocenters. The molecule has 1 fully saturated rings. The zero-order valence-corrected chi connectivity index (χ0v) is 20.3. The van der Waals surface area contributed by atoms with Crippen LogP contribution in [0.3, 0.4) is 0 Å². The van der Waals surface area contributed by atoms with Crippen molar-refractivity contribution < 1.29 is 19.0 Å². The van der Waals surface area contributed by atoms with Gasteiger partial charge in [0, 0.05) is 43.6 Å². The Bertz CT molecular complexity index is 815. The van der Waals surface area contributed by atoms with Gasteiger partial charge in [0.05, 0.1) is 25.9 Å². The van der Waals surface area contributed by atoms with Gasteiger partial charge in [0.2, 0.25) is 0 Å². The number of carbonyl (C=O) groups excluding carboxylic acids is 1. The maximum absolute atomic E-state index is 11.7. The molecule has 1 aliphatic heterocycles. The van der Waals surface area contributed by atoms with Crippen LogP contribution in [0.5, 0.6) is 0 Å². The van der Waals surface area contributed by atoms with Gasteiger partial charge in [0.15, 0.2) is 0 Å². The van der Waals surface area contributed by atoms with E-state index < -0.39 is 0 Å². The first-order chi connectivity index (χ1) is 16.2. The number of nitrogens with zero attached hydrogens (tertiary/aromatic N) is 2. The van der Waals surface area contributed by atoms with Crippen molar-refractivity contribution in [2.45, 2.75) is 6.04 Å². The summed E-state index contributed by atoms with van der Waals surface area (Å²) in [5, 5.41) is 0.749. The third-order valence-electron chi connectivity index (χ3n) is 5.56. The Morgan fingerprint density at radius 3 is 2.24 bits per heavy atom. The lowest BCUT2D eigenvalue weighted by Gasteiger charge is -2.39. The van der Waals surface area contributed by atoms with Crippen molar-refractivity contribution in [2.75, 3.05) is 71.6 Å². The average Bonchev–Trinajstić information content (AvgIpc) is 2.85. The van der Waals surface area contributed by atoms with Gasteiger partial charge < -0.3 is 14.2 Å². The molecule has 0 saturated carbocycles. The number of piperazine rings is 1. The summed E-state index contributed by atoms with van der Waals surface area (Å²) < 4.78 is 15.7. The summed E-state index contributed by atoms with van der Waals surface area (Å²) in [5.41, 5.74) is 2.53. The maximum atomic E-state index is 11.7. The van der Waals surface area contributed by atoms with Crippen LogP contribution < -0.4 is 0 Å². The Kier molecular flexibility index (Phi) is 11.4. The minimum Gasteiger partial charge on any atom is -0.462 e. The molecule has 0 aliphatic carbocycles. The molecule has 1 saturated heterocycles. The van der Waals surface area contributed by atoms with Crippen molar-refractivity contribution in [3.63, 3.8) is 0 Å². The Morgan fingerprint density at radius 2 is 1.55 bits per heavy atom. The van der Waals surface area contributed by atoms with E-state index in [0.29, 0.717) is 25.7 Å².